The molecular weight excluding hydrogens is 288 g/mol. The summed E-state index contributed by atoms with van der Waals surface area (Å²) in [6, 6.07) is 14.2. The maximum Gasteiger partial charge on any atom is 0.238 e. The summed E-state index contributed by atoms with van der Waals surface area (Å²) in [5, 5.41) is 8.28. The van der Waals surface area contributed by atoms with Gasteiger partial charge in [-0.25, -0.2) is 13.6 Å². The number of benzene rings is 2. The van der Waals surface area contributed by atoms with Gasteiger partial charge in [0, 0.05) is 12.2 Å². The van der Waals surface area contributed by atoms with Crippen LogP contribution in [0.2, 0.25) is 0 Å². The molecule has 0 saturated carbocycles. The SMILES string of the molecule is CCOc1cccc(CNc2cccc(S(N)(=O)=O)c2)c1. The van der Waals surface area contributed by atoms with Gasteiger partial charge < -0.3 is 10.1 Å². The zero-order valence-electron chi connectivity index (χ0n) is 11.7. The van der Waals surface area contributed by atoms with Crippen molar-refractivity contribution in [1.29, 1.82) is 0 Å². The van der Waals surface area contributed by atoms with Crippen molar-refractivity contribution < 1.29 is 13.2 Å². The first-order valence-corrected chi connectivity index (χ1v) is 8.12. The van der Waals surface area contributed by atoms with E-state index in [0.29, 0.717) is 18.8 Å². The zero-order valence-corrected chi connectivity index (χ0v) is 12.6. The van der Waals surface area contributed by atoms with Gasteiger partial charge in [0.15, 0.2) is 0 Å². The fraction of sp³-hybridized carbons (Fsp3) is 0.200. The van der Waals surface area contributed by atoms with Crippen LogP contribution >= 0.6 is 0 Å². The second-order valence-corrected chi connectivity index (χ2v) is 6.07. The van der Waals surface area contributed by atoms with E-state index in [1.807, 2.05) is 31.2 Å². The van der Waals surface area contributed by atoms with Gasteiger partial charge in [-0.2, -0.15) is 0 Å². The molecule has 2 rings (SSSR count). The quantitative estimate of drug-likeness (QED) is 0.858. The topological polar surface area (TPSA) is 81.4 Å². The molecule has 3 N–H and O–H groups in total. The Hall–Kier alpha value is -2.05. The molecule has 2 aromatic rings. The first-order valence-electron chi connectivity index (χ1n) is 6.57. The molecule has 0 amide bonds. The molecule has 5 nitrogen and oxygen atoms in total. The molecular formula is C15H18N2O3S. The third-order valence-corrected chi connectivity index (χ3v) is 3.78. The molecule has 0 fully saturated rings. The normalized spacial score (nSPS) is 11.1. The van der Waals surface area contributed by atoms with Crippen molar-refractivity contribution in [2.75, 3.05) is 11.9 Å². The van der Waals surface area contributed by atoms with Gasteiger partial charge in [-0.05, 0) is 42.8 Å². The van der Waals surface area contributed by atoms with Gasteiger partial charge in [-0.15, -0.1) is 0 Å². The molecule has 0 aliphatic rings. The Balaban J connectivity index is 2.08. The van der Waals surface area contributed by atoms with Crippen LogP contribution in [0.4, 0.5) is 5.69 Å². The Bertz CT molecular complexity index is 714. The smallest absolute Gasteiger partial charge is 0.238 e. The molecule has 0 unspecified atom stereocenters. The van der Waals surface area contributed by atoms with Crippen LogP contribution in [0.5, 0.6) is 5.75 Å². The van der Waals surface area contributed by atoms with Gasteiger partial charge >= 0.3 is 0 Å². The van der Waals surface area contributed by atoms with E-state index in [-0.39, 0.29) is 4.90 Å². The van der Waals surface area contributed by atoms with E-state index in [4.69, 9.17) is 9.88 Å². The van der Waals surface area contributed by atoms with Gasteiger partial charge in [0.05, 0.1) is 11.5 Å². The van der Waals surface area contributed by atoms with Gasteiger partial charge in [0.1, 0.15) is 5.75 Å². The lowest BCUT2D eigenvalue weighted by molar-refractivity contribution is 0.340. The van der Waals surface area contributed by atoms with Crippen molar-refractivity contribution in [3.63, 3.8) is 0 Å². The Labute approximate surface area is 124 Å². The Morgan fingerprint density at radius 3 is 2.62 bits per heavy atom. The van der Waals surface area contributed by atoms with E-state index in [1.165, 1.54) is 12.1 Å². The number of nitrogens with one attached hydrogen (secondary N) is 1. The van der Waals surface area contributed by atoms with Crippen LogP contribution in [-0.4, -0.2) is 15.0 Å². The fourth-order valence-corrected chi connectivity index (χ4v) is 2.46. The summed E-state index contributed by atoms with van der Waals surface area (Å²) < 4.78 is 28.1. The van der Waals surface area contributed by atoms with E-state index in [1.54, 1.807) is 12.1 Å². The van der Waals surface area contributed by atoms with E-state index >= 15 is 0 Å². The monoisotopic (exact) mass is 306 g/mol. The highest BCUT2D eigenvalue weighted by atomic mass is 32.2. The first-order chi connectivity index (χ1) is 9.99. The average molecular weight is 306 g/mol. The number of rotatable bonds is 6. The largest absolute Gasteiger partial charge is 0.494 e. The maximum absolute atomic E-state index is 11.3. The maximum atomic E-state index is 11.3. The Morgan fingerprint density at radius 2 is 1.90 bits per heavy atom. The summed E-state index contributed by atoms with van der Waals surface area (Å²) in [6.07, 6.45) is 0. The molecule has 0 aliphatic carbocycles. The summed E-state index contributed by atoms with van der Waals surface area (Å²) >= 11 is 0. The summed E-state index contributed by atoms with van der Waals surface area (Å²) in [7, 11) is -3.68. The van der Waals surface area contributed by atoms with Crippen molar-refractivity contribution in [3.05, 3.63) is 54.1 Å². The van der Waals surface area contributed by atoms with Crippen molar-refractivity contribution in [3.8, 4) is 5.75 Å². The molecule has 112 valence electrons. The van der Waals surface area contributed by atoms with E-state index in [0.717, 1.165) is 11.3 Å². The van der Waals surface area contributed by atoms with E-state index < -0.39 is 10.0 Å². The van der Waals surface area contributed by atoms with Crippen LogP contribution in [0, 0.1) is 0 Å². The van der Waals surface area contributed by atoms with Crippen molar-refractivity contribution in [2.24, 2.45) is 5.14 Å². The van der Waals surface area contributed by atoms with Crippen molar-refractivity contribution >= 4 is 15.7 Å². The van der Waals surface area contributed by atoms with Crippen LogP contribution < -0.4 is 15.2 Å². The van der Waals surface area contributed by atoms with Crippen LogP contribution in [0.15, 0.2) is 53.4 Å². The highest BCUT2D eigenvalue weighted by molar-refractivity contribution is 7.89. The second-order valence-electron chi connectivity index (χ2n) is 4.51. The molecule has 0 aliphatic heterocycles. The molecule has 0 radical (unpaired) electrons. The van der Waals surface area contributed by atoms with E-state index in [2.05, 4.69) is 5.32 Å². The van der Waals surface area contributed by atoms with Gasteiger partial charge in [0.2, 0.25) is 10.0 Å². The fourth-order valence-electron chi connectivity index (χ4n) is 1.90. The number of anilines is 1. The highest BCUT2D eigenvalue weighted by Crippen LogP contribution is 2.17. The van der Waals surface area contributed by atoms with Crippen molar-refractivity contribution in [2.45, 2.75) is 18.4 Å². The van der Waals surface area contributed by atoms with Gasteiger partial charge in [-0.3, -0.25) is 0 Å². The first kappa shape index (κ1) is 15.3. The second kappa shape index (κ2) is 6.60. The molecule has 0 aromatic heterocycles. The molecule has 6 heteroatoms. The minimum atomic E-state index is -3.68. The number of sulfonamides is 1. The van der Waals surface area contributed by atoms with Gasteiger partial charge in [0.25, 0.3) is 0 Å². The molecule has 21 heavy (non-hydrogen) atoms. The number of nitrogens with two attached hydrogens (primary N) is 1. The molecule has 0 saturated heterocycles. The summed E-state index contributed by atoms with van der Waals surface area (Å²) in [6.45, 7) is 3.12. The summed E-state index contributed by atoms with van der Waals surface area (Å²) in [5.74, 6) is 0.815. The third-order valence-electron chi connectivity index (χ3n) is 2.87. The zero-order chi connectivity index (χ0) is 15.3. The lowest BCUT2D eigenvalue weighted by Crippen LogP contribution is -2.12. The molecule has 0 bridgehead atoms. The molecule has 0 atom stereocenters. The minimum absolute atomic E-state index is 0.0931. The van der Waals surface area contributed by atoms with Crippen molar-refractivity contribution in [1.82, 2.24) is 0 Å². The molecule has 0 heterocycles. The lowest BCUT2D eigenvalue weighted by atomic mass is 10.2. The average Bonchev–Trinajstić information content (AvgIpc) is 2.45. The predicted molar refractivity (Wildman–Crippen MR) is 82.8 cm³/mol. The summed E-state index contributed by atoms with van der Waals surface area (Å²) in [4.78, 5) is 0.0931. The summed E-state index contributed by atoms with van der Waals surface area (Å²) in [5.41, 5.74) is 1.74. The van der Waals surface area contributed by atoms with E-state index in [9.17, 15) is 8.42 Å². The van der Waals surface area contributed by atoms with Crippen LogP contribution in [-0.2, 0) is 16.6 Å². The molecule has 2 aromatic carbocycles. The van der Waals surface area contributed by atoms with Crippen LogP contribution in [0.3, 0.4) is 0 Å². The Morgan fingerprint density at radius 1 is 1.14 bits per heavy atom. The third kappa shape index (κ3) is 4.47. The molecule has 0 spiro atoms. The van der Waals surface area contributed by atoms with Crippen LogP contribution in [0.25, 0.3) is 0 Å². The van der Waals surface area contributed by atoms with Gasteiger partial charge in [-0.1, -0.05) is 18.2 Å². The highest BCUT2D eigenvalue weighted by Gasteiger charge is 2.07. The standard InChI is InChI=1S/C15H18N2O3S/c1-2-20-14-7-3-5-12(9-14)11-17-13-6-4-8-15(10-13)21(16,18)19/h3-10,17H,2,11H2,1H3,(H2,16,18,19). The number of hydrogen-bond acceptors (Lipinski definition) is 4. The number of hydrogen-bond donors (Lipinski definition) is 2. The number of primary sulfonamides is 1. The number of ether oxygens (including phenoxy) is 1. The Kier molecular flexibility index (Phi) is 4.82. The lowest BCUT2D eigenvalue weighted by Gasteiger charge is -2.09. The van der Waals surface area contributed by atoms with Crippen LogP contribution in [0.1, 0.15) is 12.5 Å². The minimum Gasteiger partial charge on any atom is -0.494 e. The predicted octanol–water partition coefficient (Wildman–Crippen LogP) is 2.34.